The van der Waals surface area contributed by atoms with Gasteiger partial charge in [0, 0.05) is 18.0 Å². The molecule has 0 radical (unpaired) electrons. The van der Waals surface area contributed by atoms with Crippen molar-refractivity contribution in [3.63, 3.8) is 0 Å². The molecule has 1 aliphatic heterocycles. The van der Waals surface area contributed by atoms with Crippen LogP contribution in [0.4, 0.5) is 0 Å². The Morgan fingerprint density at radius 3 is 2.20 bits per heavy atom. The highest BCUT2D eigenvalue weighted by molar-refractivity contribution is 5.98. The summed E-state index contributed by atoms with van der Waals surface area (Å²) in [6.45, 7) is 4.50. The SMILES string of the molecule is CC(C)(Cc1ccccc1)N[C@@H](CCC(N)=O)C(=O)OC(=O)c1ccc(-c2ccc(COc3ccc4c(c3)OCO4)cc2)cc1. The first-order chi connectivity index (χ1) is 21.6. The minimum absolute atomic E-state index is 0.0274. The minimum Gasteiger partial charge on any atom is -0.489 e. The van der Waals surface area contributed by atoms with E-state index in [2.05, 4.69) is 5.32 Å². The highest BCUT2D eigenvalue weighted by Crippen LogP contribution is 2.35. The van der Waals surface area contributed by atoms with Gasteiger partial charge in [-0.05, 0) is 73.2 Å². The van der Waals surface area contributed by atoms with Gasteiger partial charge in [0.05, 0.1) is 5.56 Å². The summed E-state index contributed by atoms with van der Waals surface area (Å²) in [4.78, 5) is 37.5. The first-order valence-electron chi connectivity index (χ1n) is 14.7. The third-order valence-corrected chi connectivity index (χ3v) is 7.37. The molecule has 0 unspecified atom stereocenters. The van der Waals surface area contributed by atoms with Crippen molar-refractivity contribution in [1.29, 1.82) is 0 Å². The molecule has 1 atom stereocenters. The molecule has 232 valence electrons. The number of primary amides is 1. The Labute approximate surface area is 262 Å². The molecule has 4 aromatic carbocycles. The smallest absolute Gasteiger partial charge is 0.345 e. The lowest BCUT2D eigenvalue weighted by molar-refractivity contribution is -0.141. The Balaban J connectivity index is 1.17. The number of hydrogen-bond acceptors (Lipinski definition) is 8. The summed E-state index contributed by atoms with van der Waals surface area (Å²) in [5, 5.41) is 3.26. The lowest BCUT2D eigenvalue weighted by Gasteiger charge is -2.31. The van der Waals surface area contributed by atoms with Crippen LogP contribution in [0.3, 0.4) is 0 Å². The lowest BCUT2D eigenvalue weighted by atomic mass is 9.93. The molecule has 0 bridgehead atoms. The van der Waals surface area contributed by atoms with Gasteiger partial charge in [0.15, 0.2) is 11.5 Å². The standard InChI is InChI=1S/C36H36N2O7/c1-36(2,21-24-6-4-3-5-7-24)38-30(17-19-33(37)39)35(41)45-34(40)28-14-12-27(13-15-28)26-10-8-25(9-11-26)22-42-29-16-18-31-32(20-29)44-23-43-31/h3-16,18,20,30,38H,17,19,21-23H2,1-2H3,(H2,37,39)/t30-/m0/s1. The maximum atomic E-state index is 13.1. The molecule has 9 nitrogen and oxygen atoms in total. The van der Waals surface area contributed by atoms with Gasteiger partial charge >= 0.3 is 11.9 Å². The van der Waals surface area contributed by atoms with Gasteiger partial charge in [-0.1, -0.05) is 66.7 Å². The third kappa shape index (κ3) is 8.70. The number of hydrogen-bond donors (Lipinski definition) is 2. The molecule has 0 aliphatic carbocycles. The molecule has 45 heavy (non-hydrogen) atoms. The highest BCUT2D eigenvalue weighted by atomic mass is 16.7. The molecule has 0 aromatic heterocycles. The number of amides is 1. The number of esters is 2. The molecule has 1 amide bonds. The number of rotatable bonds is 13. The minimum atomic E-state index is -0.896. The van der Waals surface area contributed by atoms with E-state index in [0.717, 1.165) is 22.3 Å². The fourth-order valence-electron chi connectivity index (χ4n) is 5.11. The molecule has 0 saturated carbocycles. The van der Waals surface area contributed by atoms with Crippen LogP contribution < -0.4 is 25.3 Å². The van der Waals surface area contributed by atoms with Gasteiger partial charge in [0.2, 0.25) is 12.7 Å². The lowest BCUT2D eigenvalue weighted by Crippen LogP contribution is -2.51. The average molecular weight is 609 g/mol. The largest absolute Gasteiger partial charge is 0.489 e. The zero-order valence-corrected chi connectivity index (χ0v) is 25.3. The average Bonchev–Trinajstić information content (AvgIpc) is 3.50. The Morgan fingerprint density at radius 2 is 1.51 bits per heavy atom. The quantitative estimate of drug-likeness (QED) is 0.149. The Kier molecular flexibility index (Phi) is 9.79. The fraction of sp³-hybridized carbons (Fsp3) is 0.250. The summed E-state index contributed by atoms with van der Waals surface area (Å²) in [6.07, 6.45) is 0.703. The predicted molar refractivity (Wildman–Crippen MR) is 169 cm³/mol. The van der Waals surface area contributed by atoms with Crippen LogP contribution in [0, 0.1) is 0 Å². The predicted octanol–water partition coefficient (Wildman–Crippen LogP) is 5.59. The molecule has 9 heteroatoms. The maximum Gasteiger partial charge on any atom is 0.345 e. The first-order valence-corrected chi connectivity index (χ1v) is 14.7. The molecular formula is C36H36N2O7. The number of carbonyl (C=O) groups is 3. The number of ether oxygens (including phenoxy) is 4. The normalized spacial score (nSPS) is 12.8. The third-order valence-electron chi connectivity index (χ3n) is 7.37. The molecule has 1 heterocycles. The van der Waals surface area contributed by atoms with Crippen LogP contribution in [-0.4, -0.2) is 36.2 Å². The number of nitrogens with two attached hydrogens (primary N) is 1. The van der Waals surface area contributed by atoms with E-state index in [9.17, 15) is 14.4 Å². The van der Waals surface area contributed by atoms with Crippen LogP contribution in [0.15, 0.2) is 97.1 Å². The summed E-state index contributed by atoms with van der Waals surface area (Å²) >= 11 is 0. The van der Waals surface area contributed by atoms with Crippen molar-refractivity contribution < 1.29 is 33.3 Å². The molecule has 0 fully saturated rings. The topological polar surface area (TPSA) is 126 Å². The van der Waals surface area contributed by atoms with Crippen LogP contribution >= 0.6 is 0 Å². The van der Waals surface area contributed by atoms with Crippen molar-refractivity contribution in [3.8, 4) is 28.4 Å². The zero-order valence-electron chi connectivity index (χ0n) is 25.3. The van der Waals surface area contributed by atoms with Crippen molar-refractivity contribution in [3.05, 3.63) is 114 Å². The van der Waals surface area contributed by atoms with Crippen LogP contribution in [0.1, 0.15) is 48.2 Å². The first kappa shape index (κ1) is 31.3. The van der Waals surface area contributed by atoms with E-state index in [1.165, 1.54) is 0 Å². The summed E-state index contributed by atoms with van der Waals surface area (Å²) in [5.74, 6) is -0.00318. The van der Waals surface area contributed by atoms with E-state index in [0.29, 0.717) is 30.3 Å². The van der Waals surface area contributed by atoms with Crippen molar-refractivity contribution >= 4 is 17.8 Å². The van der Waals surface area contributed by atoms with Crippen molar-refractivity contribution in [2.45, 2.75) is 51.3 Å². The second-order valence-corrected chi connectivity index (χ2v) is 11.5. The van der Waals surface area contributed by atoms with Gasteiger partial charge in [-0.15, -0.1) is 0 Å². The van der Waals surface area contributed by atoms with E-state index >= 15 is 0 Å². The monoisotopic (exact) mass is 608 g/mol. The van der Waals surface area contributed by atoms with Crippen molar-refractivity contribution in [1.82, 2.24) is 5.32 Å². The van der Waals surface area contributed by atoms with E-state index in [4.69, 9.17) is 24.7 Å². The highest BCUT2D eigenvalue weighted by Gasteiger charge is 2.30. The second kappa shape index (κ2) is 14.1. The maximum absolute atomic E-state index is 13.1. The Hall–Kier alpha value is -5.15. The Bertz CT molecular complexity index is 1630. The van der Waals surface area contributed by atoms with Gasteiger partial charge in [-0.25, -0.2) is 9.59 Å². The van der Waals surface area contributed by atoms with Crippen LogP contribution in [0.25, 0.3) is 11.1 Å². The van der Waals surface area contributed by atoms with Crippen molar-refractivity contribution in [2.24, 2.45) is 5.73 Å². The van der Waals surface area contributed by atoms with E-state index < -0.39 is 29.4 Å². The van der Waals surface area contributed by atoms with Gasteiger partial charge in [0.1, 0.15) is 18.4 Å². The van der Waals surface area contributed by atoms with E-state index in [-0.39, 0.29) is 25.2 Å². The summed E-state index contributed by atoms with van der Waals surface area (Å²) in [7, 11) is 0. The molecule has 4 aromatic rings. The number of fused-ring (bicyclic) bond motifs is 1. The number of carbonyl (C=O) groups excluding carboxylic acids is 3. The van der Waals surface area contributed by atoms with Gasteiger partial charge in [-0.3, -0.25) is 10.1 Å². The molecule has 0 saturated heterocycles. The molecule has 0 spiro atoms. The molecular weight excluding hydrogens is 572 g/mol. The second-order valence-electron chi connectivity index (χ2n) is 11.5. The summed E-state index contributed by atoms with van der Waals surface area (Å²) < 4.78 is 21.9. The van der Waals surface area contributed by atoms with Gasteiger partial charge in [0.25, 0.3) is 0 Å². The zero-order chi connectivity index (χ0) is 31.8. The van der Waals surface area contributed by atoms with Crippen LogP contribution in [0.5, 0.6) is 17.2 Å². The summed E-state index contributed by atoms with van der Waals surface area (Å²) in [6, 6.07) is 29.1. The fourth-order valence-corrected chi connectivity index (χ4v) is 5.11. The number of nitrogens with one attached hydrogen (secondary N) is 1. The van der Waals surface area contributed by atoms with Gasteiger partial charge in [-0.2, -0.15) is 0 Å². The van der Waals surface area contributed by atoms with Crippen molar-refractivity contribution in [2.75, 3.05) is 6.79 Å². The van der Waals surface area contributed by atoms with Crippen LogP contribution in [0.2, 0.25) is 0 Å². The summed E-state index contributed by atoms with van der Waals surface area (Å²) in [5.41, 5.74) is 8.97. The Morgan fingerprint density at radius 1 is 0.844 bits per heavy atom. The molecule has 3 N–H and O–H groups in total. The number of benzene rings is 4. The van der Waals surface area contributed by atoms with Gasteiger partial charge < -0.3 is 24.7 Å². The van der Waals surface area contributed by atoms with E-state index in [1.54, 1.807) is 30.3 Å². The van der Waals surface area contributed by atoms with E-state index in [1.807, 2.05) is 80.6 Å². The molecule has 1 aliphatic rings. The van der Waals surface area contributed by atoms with Crippen LogP contribution in [-0.2, 0) is 27.4 Å². The molecule has 5 rings (SSSR count).